The zero-order valence-corrected chi connectivity index (χ0v) is 15.1. The molecule has 1 heterocycles. The summed E-state index contributed by atoms with van der Waals surface area (Å²) < 4.78 is 13.3. The van der Waals surface area contributed by atoms with Crippen molar-refractivity contribution in [2.75, 3.05) is 13.6 Å². The zero-order chi connectivity index (χ0) is 17.6. The molecule has 2 aliphatic rings. The van der Waals surface area contributed by atoms with Crippen molar-refractivity contribution < 1.29 is 4.39 Å². The molecule has 0 fully saturated rings. The second-order valence-corrected chi connectivity index (χ2v) is 7.88. The van der Waals surface area contributed by atoms with Gasteiger partial charge in [0.1, 0.15) is 5.82 Å². The average molecular weight is 336 g/mol. The maximum atomic E-state index is 13.3. The van der Waals surface area contributed by atoms with Crippen molar-refractivity contribution in [3.05, 3.63) is 83.4 Å². The summed E-state index contributed by atoms with van der Waals surface area (Å²) in [5, 5.41) is 0. The lowest BCUT2D eigenvalue weighted by Crippen LogP contribution is -2.50. The van der Waals surface area contributed by atoms with E-state index >= 15 is 0 Å². The van der Waals surface area contributed by atoms with Crippen LogP contribution < -0.4 is 0 Å². The molecule has 0 N–H and O–H groups in total. The SMILES string of the molecule is CN1C=CN([C@@H]2C[C@@H](c3ccc(F)cc3)c3ccccc32)CC1(C)C. The molecule has 0 saturated heterocycles. The fraction of sp³-hybridized carbons (Fsp3) is 0.364. The number of halogens is 1. The Hall–Kier alpha value is -2.29. The highest BCUT2D eigenvalue weighted by Gasteiger charge is 2.38. The molecule has 25 heavy (non-hydrogen) atoms. The minimum atomic E-state index is -0.171. The van der Waals surface area contributed by atoms with Crippen LogP contribution in [0.5, 0.6) is 0 Å². The molecule has 2 aromatic carbocycles. The van der Waals surface area contributed by atoms with E-state index in [-0.39, 0.29) is 11.4 Å². The summed E-state index contributed by atoms with van der Waals surface area (Å²) in [5.41, 5.74) is 4.09. The van der Waals surface area contributed by atoms with Crippen molar-refractivity contribution in [1.82, 2.24) is 9.80 Å². The molecule has 4 rings (SSSR count). The van der Waals surface area contributed by atoms with Crippen LogP contribution in [0.15, 0.2) is 60.9 Å². The molecule has 2 nitrogen and oxygen atoms in total. The first-order valence-electron chi connectivity index (χ1n) is 8.97. The van der Waals surface area contributed by atoms with Gasteiger partial charge in [0, 0.05) is 31.9 Å². The van der Waals surface area contributed by atoms with E-state index in [1.165, 1.54) is 16.7 Å². The molecule has 2 aromatic rings. The molecule has 0 spiro atoms. The van der Waals surface area contributed by atoms with Gasteiger partial charge in [-0.15, -0.1) is 0 Å². The lowest BCUT2D eigenvalue weighted by Gasteiger charge is -2.45. The summed E-state index contributed by atoms with van der Waals surface area (Å²) in [4.78, 5) is 4.75. The lowest BCUT2D eigenvalue weighted by atomic mass is 9.93. The molecule has 2 atom stereocenters. The van der Waals surface area contributed by atoms with E-state index in [4.69, 9.17) is 0 Å². The number of hydrogen-bond donors (Lipinski definition) is 0. The van der Waals surface area contributed by atoms with Gasteiger partial charge in [-0.2, -0.15) is 0 Å². The number of likely N-dealkylation sites (N-methyl/N-ethyl adjacent to an activating group) is 1. The van der Waals surface area contributed by atoms with Crippen LogP contribution in [0.1, 0.15) is 48.9 Å². The van der Waals surface area contributed by atoms with E-state index in [9.17, 15) is 4.39 Å². The first kappa shape index (κ1) is 16.2. The molecule has 3 heteroatoms. The Labute approximate surface area is 149 Å². The summed E-state index contributed by atoms with van der Waals surface area (Å²) in [6, 6.07) is 16.1. The van der Waals surface area contributed by atoms with Crippen LogP contribution in [0.4, 0.5) is 4.39 Å². The number of hydrogen-bond acceptors (Lipinski definition) is 2. The summed E-state index contributed by atoms with van der Waals surface area (Å²) in [5.74, 6) is 0.160. The lowest BCUT2D eigenvalue weighted by molar-refractivity contribution is 0.111. The Balaban J connectivity index is 1.70. The summed E-state index contributed by atoms with van der Waals surface area (Å²) >= 11 is 0. The van der Waals surface area contributed by atoms with Crippen molar-refractivity contribution in [1.29, 1.82) is 0 Å². The maximum absolute atomic E-state index is 13.3. The molecule has 1 aliphatic carbocycles. The van der Waals surface area contributed by atoms with E-state index in [1.54, 1.807) is 12.1 Å². The number of fused-ring (bicyclic) bond motifs is 1. The highest BCUT2D eigenvalue weighted by molar-refractivity contribution is 5.44. The Bertz CT molecular complexity index is 794. The minimum Gasteiger partial charge on any atom is -0.372 e. The molecule has 0 unspecified atom stereocenters. The van der Waals surface area contributed by atoms with Gasteiger partial charge < -0.3 is 9.80 Å². The second kappa shape index (κ2) is 5.91. The fourth-order valence-corrected chi connectivity index (χ4v) is 4.15. The summed E-state index contributed by atoms with van der Waals surface area (Å²) in [6.07, 6.45) is 5.44. The van der Waals surface area contributed by atoms with Crippen LogP contribution in [-0.2, 0) is 0 Å². The molecular formula is C22H25FN2. The van der Waals surface area contributed by atoms with Gasteiger partial charge in [-0.05, 0) is 49.1 Å². The molecule has 130 valence electrons. The fourth-order valence-electron chi connectivity index (χ4n) is 4.15. The molecule has 0 radical (unpaired) electrons. The third kappa shape index (κ3) is 2.82. The van der Waals surface area contributed by atoms with Crippen LogP contribution in [-0.4, -0.2) is 28.9 Å². The quantitative estimate of drug-likeness (QED) is 0.770. The summed E-state index contributed by atoms with van der Waals surface area (Å²) in [6.45, 7) is 5.55. The maximum Gasteiger partial charge on any atom is 0.123 e. The van der Waals surface area contributed by atoms with Crippen molar-refractivity contribution in [3.8, 4) is 0 Å². The minimum absolute atomic E-state index is 0.109. The number of rotatable bonds is 2. The first-order chi connectivity index (χ1) is 12.0. The Kier molecular flexibility index (Phi) is 3.82. The monoisotopic (exact) mass is 336 g/mol. The van der Waals surface area contributed by atoms with Gasteiger partial charge in [-0.3, -0.25) is 0 Å². The highest BCUT2D eigenvalue weighted by Crippen LogP contribution is 2.47. The normalized spacial score (nSPS) is 24.5. The van der Waals surface area contributed by atoms with Crippen LogP contribution in [0.25, 0.3) is 0 Å². The summed E-state index contributed by atoms with van der Waals surface area (Å²) in [7, 11) is 2.14. The molecule has 0 bridgehead atoms. The molecule has 0 aromatic heterocycles. The molecule has 1 aliphatic heterocycles. The molecular weight excluding hydrogens is 311 g/mol. The predicted molar refractivity (Wildman–Crippen MR) is 99.7 cm³/mol. The largest absolute Gasteiger partial charge is 0.372 e. The topological polar surface area (TPSA) is 6.48 Å². The van der Waals surface area contributed by atoms with Gasteiger partial charge in [0.05, 0.1) is 11.6 Å². The first-order valence-corrected chi connectivity index (χ1v) is 8.97. The van der Waals surface area contributed by atoms with Gasteiger partial charge in [0.15, 0.2) is 0 Å². The van der Waals surface area contributed by atoms with Gasteiger partial charge in [-0.1, -0.05) is 36.4 Å². The smallest absolute Gasteiger partial charge is 0.123 e. The van der Waals surface area contributed by atoms with Gasteiger partial charge in [0.25, 0.3) is 0 Å². The van der Waals surface area contributed by atoms with E-state index in [0.717, 1.165) is 13.0 Å². The molecule has 0 saturated carbocycles. The van der Waals surface area contributed by atoms with E-state index < -0.39 is 0 Å². The molecule has 0 amide bonds. The average Bonchev–Trinajstić information content (AvgIpc) is 2.98. The Morgan fingerprint density at radius 1 is 0.960 bits per heavy atom. The standard InChI is InChI=1S/C22H25FN2/c1-22(2)15-25(13-12-24(22)3)21-14-20(16-8-10-17(23)11-9-16)18-6-4-5-7-19(18)21/h4-13,20-21H,14-15H2,1-3H3/t20-,21+/m0/s1. The van der Waals surface area contributed by atoms with Crippen LogP contribution in [0, 0.1) is 5.82 Å². The van der Waals surface area contributed by atoms with Gasteiger partial charge >= 0.3 is 0 Å². The van der Waals surface area contributed by atoms with Crippen molar-refractivity contribution in [2.45, 2.75) is 37.8 Å². The zero-order valence-electron chi connectivity index (χ0n) is 15.1. The van der Waals surface area contributed by atoms with E-state index in [2.05, 4.69) is 67.4 Å². The Morgan fingerprint density at radius 2 is 1.64 bits per heavy atom. The van der Waals surface area contributed by atoms with Gasteiger partial charge in [-0.25, -0.2) is 4.39 Å². The predicted octanol–water partition coefficient (Wildman–Crippen LogP) is 4.90. The third-order valence-electron chi connectivity index (χ3n) is 5.87. The van der Waals surface area contributed by atoms with Crippen molar-refractivity contribution in [2.24, 2.45) is 0 Å². The highest BCUT2D eigenvalue weighted by atomic mass is 19.1. The van der Waals surface area contributed by atoms with Crippen molar-refractivity contribution >= 4 is 0 Å². The van der Waals surface area contributed by atoms with E-state index in [1.807, 2.05) is 12.1 Å². The van der Waals surface area contributed by atoms with Crippen molar-refractivity contribution in [3.63, 3.8) is 0 Å². The van der Waals surface area contributed by atoms with Crippen LogP contribution >= 0.6 is 0 Å². The second-order valence-electron chi connectivity index (χ2n) is 7.88. The number of benzene rings is 2. The Morgan fingerprint density at radius 3 is 2.32 bits per heavy atom. The van der Waals surface area contributed by atoms with Gasteiger partial charge in [0.2, 0.25) is 0 Å². The third-order valence-corrected chi connectivity index (χ3v) is 5.87. The number of nitrogens with zero attached hydrogens (tertiary/aromatic N) is 2. The van der Waals surface area contributed by atoms with E-state index in [0.29, 0.717) is 12.0 Å². The van der Waals surface area contributed by atoms with Crippen LogP contribution in [0.3, 0.4) is 0 Å². The van der Waals surface area contributed by atoms with Crippen LogP contribution in [0.2, 0.25) is 0 Å².